The van der Waals surface area contributed by atoms with Crippen LogP contribution in [0.25, 0.3) is 0 Å². The van der Waals surface area contributed by atoms with Crippen molar-refractivity contribution < 1.29 is 4.79 Å². The minimum absolute atomic E-state index is 0.0650. The molecular weight excluding hydrogens is 418 g/mol. The van der Waals surface area contributed by atoms with Crippen molar-refractivity contribution >= 4 is 21.8 Å². The lowest BCUT2D eigenvalue weighted by Crippen LogP contribution is -2.60. The SMILES string of the molecule is Cc1nn(Cn2ccc(C(=O)N(C)C34CC5CC(CC(C5)C3)C4)n2)c(C)c1Br. The zero-order valence-electron chi connectivity index (χ0n) is 16.9. The predicted octanol–water partition coefficient (Wildman–Crippen LogP) is 4.01. The Labute approximate surface area is 174 Å². The van der Waals surface area contributed by atoms with Crippen LogP contribution < -0.4 is 0 Å². The van der Waals surface area contributed by atoms with Crippen LogP contribution in [0.1, 0.15) is 60.4 Å². The summed E-state index contributed by atoms with van der Waals surface area (Å²) < 4.78 is 4.73. The van der Waals surface area contributed by atoms with Crippen molar-refractivity contribution in [1.29, 1.82) is 0 Å². The molecule has 0 unspecified atom stereocenters. The van der Waals surface area contributed by atoms with Gasteiger partial charge in [0.1, 0.15) is 12.4 Å². The summed E-state index contributed by atoms with van der Waals surface area (Å²) in [5.41, 5.74) is 2.63. The van der Waals surface area contributed by atoms with Gasteiger partial charge in [0.15, 0.2) is 0 Å². The Hall–Kier alpha value is -1.63. The van der Waals surface area contributed by atoms with Crippen molar-refractivity contribution in [2.24, 2.45) is 17.8 Å². The van der Waals surface area contributed by atoms with Crippen LogP contribution in [0, 0.1) is 31.6 Å². The summed E-state index contributed by atoms with van der Waals surface area (Å²) in [6.07, 6.45) is 9.58. The average molecular weight is 446 g/mol. The molecule has 4 aliphatic rings. The van der Waals surface area contributed by atoms with E-state index in [0.29, 0.717) is 12.4 Å². The first-order valence-corrected chi connectivity index (χ1v) is 11.1. The zero-order chi connectivity index (χ0) is 19.6. The van der Waals surface area contributed by atoms with E-state index >= 15 is 0 Å². The highest BCUT2D eigenvalue weighted by Crippen LogP contribution is 2.57. The molecule has 0 spiro atoms. The first-order chi connectivity index (χ1) is 13.3. The fourth-order valence-electron chi connectivity index (χ4n) is 6.37. The summed E-state index contributed by atoms with van der Waals surface area (Å²) >= 11 is 3.56. The maximum atomic E-state index is 13.3. The first kappa shape index (κ1) is 18.4. The van der Waals surface area contributed by atoms with E-state index in [4.69, 9.17) is 0 Å². The van der Waals surface area contributed by atoms with Gasteiger partial charge < -0.3 is 4.90 Å². The lowest BCUT2D eigenvalue weighted by Gasteiger charge is -2.59. The van der Waals surface area contributed by atoms with Crippen molar-refractivity contribution in [1.82, 2.24) is 24.5 Å². The van der Waals surface area contributed by atoms with Gasteiger partial charge in [-0.3, -0.25) is 9.48 Å². The minimum atomic E-state index is 0.0650. The average Bonchev–Trinajstić information content (AvgIpc) is 3.20. The van der Waals surface area contributed by atoms with Crippen LogP contribution in [0.4, 0.5) is 0 Å². The van der Waals surface area contributed by atoms with E-state index in [1.54, 1.807) is 4.68 Å². The van der Waals surface area contributed by atoms with Gasteiger partial charge in [0.25, 0.3) is 5.91 Å². The molecule has 0 aromatic carbocycles. The number of nitrogens with zero attached hydrogens (tertiary/aromatic N) is 5. The minimum Gasteiger partial charge on any atom is -0.335 e. The fraction of sp³-hybridized carbons (Fsp3) is 0.667. The van der Waals surface area contributed by atoms with Gasteiger partial charge in [0.05, 0.1) is 15.9 Å². The molecule has 4 saturated carbocycles. The topological polar surface area (TPSA) is 56.0 Å². The van der Waals surface area contributed by atoms with Crippen LogP contribution in [-0.4, -0.2) is 43.0 Å². The Bertz CT molecular complexity index is 894. The molecule has 28 heavy (non-hydrogen) atoms. The van der Waals surface area contributed by atoms with E-state index in [-0.39, 0.29) is 11.4 Å². The summed E-state index contributed by atoms with van der Waals surface area (Å²) in [4.78, 5) is 15.3. The molecule has 7 heteroatoms. The number of aromatic nitrogens is 4. The third-order valence-electron chi connectivity index (χ3n) is 7.45. The number of amides is 1. The number of aryl methyl sites for hydroxylation is 1. The molecule has 4 fully saturated rings. The van der Waals surface area contributed by atoms with Gasteiger partial charge in [-0.1, -0.05) is 0 Å². The van der Waals surface area contributed by atoms with Gasteiger partial charge in [0, 0.05) is 18.8 Å². The molecule has 2 aromatic heterocycles. The molecule has 1 amide bonds. The second-order valence-electron chi connectivity index (χ2n) is 9.37. The molecule has 4 aliphatic carbocycles. The van der Waals surface area contributed by atoms with E-state index in [9.17, 15) is 4.79 Å². The summed E-state index contributed by atoms with van der Waals surface area (Å²) in [6, 6.07) is 1.85. The van der Waals surface area contributed by atoms with E-state index in [1.165, 1.54) is 38.5 Å². The van der Waals surface area contributed by atoms with E-state index in [1.807, 2.05) is 42.7 Å². The molecule has 0 aliphatic heterocycles. The largest absolute Gasteiger partial charge is 0.335 e. The van der Waals surface area contributed by atoms with E-state index < -0.39 is 0 Å². The smallest absolute Gasteiger partial charge is 0.274 e. The second-order valence-corrected chi connectivity index (χ2v) is 10.2. The number of carbonyl (C=O) groups is 1. The Kier molecular flexibility index (Phi) is 4.23. The van der Waals surface area contributed by atoms with Crippen molar-refractivity contribution in [2.45, 2.75) is 64.6 Å². The third kappa shape index (κ3) is 2.85. The van der Waals surface area contributed by atoms with Gasteiger partial charge in [-0.05, 0) is 92.1 Å². The predicted molar refractivity (Wildman–Crippen MR) is 110 cm³/mol. The van der Waals surface area contributed by atoms with Crippen LogP contribution in [0.2, 0.25) is 0 Å². The molecule has 6 rings (SSSR count). The van der Waals surface area contributed by atoms with Crippen molar-refractivity contribution in [3.05, 3.63) is 33.8 Å². The molecule has 6 nitrogen and oxygen atoms in total. The molecule has 0 radical (unpaired) electrons. The van der Waals surface area contributed by atoms with Crippen LogP contribution in [0.15, 0.2) is 16.7 Å². The number of carbonyl (C=O) groups excluding carboxylic acids is 1. The second kappa shape index (κ2) is 6.44. The van der Waals surface area contributed by atoms with Gasteiger partial charge in [0.2, 0.25) is 0 Å². The number of rotatable bonds is 4. The molecule has 150 valence electrons. The summed E-state index contributed by atoms with van der Waals surface area (Å²) in [7, 11) is 2.01. The lowest BCUT2D eigenvalue weighted by molar-refractivity contribution is -0.0667. The Morgan fingerprint density at radius 2 is 1.79 bits per heavy atom. The van der Waals surface area contributed by atoms with Crippen LogP contribution in [0.5, 0.6) is 0 Å². The van der Waals surface area contributed by atoms with Gasteiger partial charge in [-0.15, -0.1) is 0 Å². The van der Waals surface area contributed by atoms with E-state index in [2.05, 4.69) is 26.1 Å². The molecule has 2 aromatic rings. The monoisotopic (exact) mass is 445 g/mol. The molecular formula is C21H28BrN5O. The first-order valence-electron chi connectivity index (χ1n) is 10.4. The molecule has 2 heterocycles. The Balaban J connectivity index is 1.34. The molecule has 4 bridgehead atoms. The van der Waals surface area contributed by atoms with Crippen molar-refractivity contribution in [2.75, 3.05) is 7.05 Å². The van der Waals surface area contributed by atoms with Gasteiger partial charge >= 0.3 is 0 Å². The highest BCUT2D eigenvalue weighted by Gasteiger charge is 2.54. The van der Waals surface area contributed by atoms with Crippen molar-refractivity contribution in [3.8, 4) is 0 Å². The Morgan fingerprint density at radius 1 is 1.18 bits per heavy atom. The van der Waals surface area contributed by atoms with Crippen LogP contribution in [-0.2, 0) is 6.67 Å². The fourth-order valence-corrected chi connectivity index (χ4v) is 6.65. The summed E-state index contributed by atoms with van der Waals surface area (Å²) in [5, 5.41) is 9.12. The quantitative estimate of drug-likeness (QED) is 0.714. The number of halogens is 1. The lowest BCUT2D eigenvalue weighted by atomic mass is 9.52. The van der Waals surface area contributed by atoms with Crippen LogP contribution in [0.3, 0.4) is 0 Å². The van der Waals surface area contributed by atoms with E-state index in [0.717, 1.165) is 33.6 Å². The number of hydrogen-bond acceptors (Lipinski definition) is 3. The Morgan fingerprint density at radius 3 is 2.32 bits per heavy atom. The van der Waals surface area contributed by atoms with Crippen molar-refractivity contribution in [3.63, 3.8) is 0 Å². The standard InChI is InChI=1S/C21H28BrN5O/c1-13-19(22)14(2)27(23-13)12-26-5-4-18(24-26)20(28)25(3)21-9-15-6-16(10-21)8-17(7-15)11-21/h4-5,15-17H,6-12H2,1-3H3. The highest BCUT2D eigenvalue weighted by atomic mass is 79.9. The summed E-state index contributed by atoms with van der Waals surface area (Å²) in [6.45, 7) is 4.51. The van der Waals surface area contributed by atoms with Gasteiger partial charge in [-0.25, -0.2) is 4.68 Å². The number of hydrogen-bond donors (Lipinski definition) is 0. The van der Waals surface area contributed by atoms with Gasteiger partial charge in [-0.2, -0.15) is 10.2 Å². The maximum Gasteiger partial charge on any atom is 0.274 e. The maximum absolute atomic E-state index is 13.3. The molecule has 0 N–H and O–H groups in total. The molecule has 0 saturated heterocycles. The zero-order valence-corrected chi connectivity index (χ0v) is 18.4. The highest BCUT2D eigenvalue weighted by molar-refractivity contribution is 9.10. The normalized spacial score (nSPS) is 30.8. The third-order valence-corrected chi connectivity index (χ3v) is 8.60. The summed E-state index contributed by atoms with van der Waals surface area (Å²) in [5.74, 6) is 2.53. The molecule has 0 atom stereocenters. The van der Waals surface area contributed by atoms with Crippen LogP contribution >= 0.6 is 15.9 Å².